The van der Waals surface area contributed by atoms with Crippen LogP contribution in [0.15, 0.2) is 6.07 Å². The minimum absolute atomic E-state index is 0.616. The molecule has 2 aromatic rings. The smallest absolute Gasteiger partial charge is 0.245 e. The molecular formula is C11H15N5OS. The van der Waals surface area contributed by atoms with Gasteiger partial charge in [-0.3, -0.25) is 0 Å². The molecule has 0 aromatic carbocycles. The van der Waals surface area contributed by atoms with Gasteiger partial charge in [-0.15, -0.1) is 5.10 Å². The normalized spacial score (nSPS) is 10.4. The maximum absolute atomic E-state index is 5.05. The molecule has 0 unspecified atom stereocenters. The SMILES string of the molecule is COc1cc(CN(C)c2nnc(C)c(C)n2)sn1. The average Bonchev–Trinajstić information content (AvgIpc) is 2.80. The maximum Gasteiger partial charge on any atom is 0.245 e. The highest BCUT2D eigenvalue weighted by Crippen LogP contribution is 2.19. The molecule has 18 heavy (non-hydrogen) atoms. The zero-order chi connectivity index (χ0) is 13.1. The first-order valence-electron chi connectivity index (χ1n) is 5.49. The molecule has 0 saturated carbocycles. The number of anilines is 1. The van der Waals surface area contributed by atoms with Gasteiger partial charge in [0.1, 0.15) is 0 Å². The van der Waals surface area contributed by atoms with Crippen molar-refractivity contribution in [1.29, 1.82) is 0 Å². The molecule has 7 heteroatoms. The third kappa shape index (κ3) is 2.73. The largest absolute Gasteiger partial charge is 0.480 e. The van der Waals surface area contributed by atoms with Crippen molar-refractivity contribution in [3.63, 3.8) is 0 Å². The summed E-state index contributed by atoms with van der Waals surface area (Å²) in [5, 5.41) is 8.15. The van der Waals surface area contributed by atoms with Gasteiger partial charge in [0.2, 0.25) is 11.8 Å². The van der Waals surface area contributed by atoms with Crippen LogP contribution in [0.25, 0.3) is 0 Å². The van der Waals surface area contributed by atoms with E-state index in [0.29, 0.717) is 18.4 Å². The Bertz CT molecular complexity index is 542. The summed E-state index contributed by atoms with van der Waals surface area (Å²) in [6.45, 7) is 4.51. The number of nitrogens with zero attached hydrogens (tertiary/aromatic N) is 5. The summed E-state index contributed by atoms with van der Waals surface area (Å²) in [7, 11) is 3.54. The predicted molar refractivity (Wildman–Crippen MR) is 70.1 cm³/mol. The Labute approximate surface area is 110 Å². The lowest BCUT2D eigenvalue weighted by Gasteiger charge is -2.15. The third-order valence-corrected chi connectivity index (χ3v) is 3.31. The van der Waals surface area contributed by atoms with Crippen molar-refractivity contribution in [2.24, 2.45) is 0 Å². The first-order valence-corrected chi connectivity index (χ1v) is 6.26. The van der Waals surface area contributed by atoms with E-state index in [0.717, 1.165) is 16.3 Å². The van der Waals surface area contributed by atoms with Gasteiger partial charge in [0.15, 0.2) is 0 Å². The maximum atomic E-state index is 5.05. The molecule has 0 fully saturated rings. The molecule has 2 aromatic heterocycles. The van der Waals surface area contributed by atoms with E-state index in [9.17, 15) is 0 Å². The van der Waals surface area contributed by atoms with Gasteiger partial charge in [-0.2, -0.15) is 9.47 Å². The summed E-state index contributed by atoms with van der Waals surface area (Å²) in [6.07, 6.45) is 0. The summed E-state index contributed by atoms with van der Waals surface area (Å²) in [5.41, 5.74) is 1.75. The quantitative estimate of drug-likeness (QED) is 0.836. The first kappa shape index (κ1) is 12.7. The van der Waals surface area contributed by atoms with Crippen molar-refractivity contribution in [2.75, 3.05) is 19.1 Å². The van der Waals surface area contributed by atoms with E-state index in [1.165, 1.54) is 11.5 Å². The van der Waals surface area contributed by atoms with Crippen molar-refractivity contribution < 1.29 is 4.74 Å². The topological polar surface area (TPSA) is 64.0 Å². The number of aryl methyl sites for hydroxylation is 2. The van der Waals surface area contributed by atoms with Crippen LogP contribution < -0.4 is 9.64 Å². The fourth-order valence-corrected chi connectivity index (χ4v) is 2.12. The Morgan fingerprint density at radius 1 is 1.28 bits per heavy atom. The van der Waals surface area contributed by atoms with Gasteiger partial charge in [0, 0.05) is 18.0 Å². The van der Waals surface area contributed by atoms with Crippen molar-refractivity contribution >= 4 is 17.5 Å². The van der Waals surface area contributed by atoms with Crippen molar-refractivity contribution in [1.82, 2.24) is 19.6 Å². The van der Waals surface area contributed by atoms with Crippen LogP contribution in [0, 0.1) is 13.8 Å². The molecule has 0 spiro atoms. The Morgan fingerprint density at radius 3 is 2.67 bits per heavy atom. The molecule has 0 bridgehead atoms. The molecule has 2 heterocycles. The summed E-state index contributed by atoms with van der Waals surface area (Å²) < 4.78 is 9.20. The van der Waals surface area contributed by atoms with E-state index < -0.39 is 0 Å². The minimum Gasteiger partial charge on any atom is -0.480 e. The number of rotatable bonds is 4. The van der Waals surface area contributed by atoms with Crippen LogP contribution in [0.5, 0.6) is 5.88 Å². The lowest BCUT2D eigenvalue weighted by atomic mass is 10.4. The lowest BCUT2D eigenvalue weighted by molar-refractivity contribution is 0.402. The molecule has 0 aliphatic heterocycles. The number of ether oxygens (including phenoxy) is 1. The van der Waals surface area contributed by atoms with Crippen molar-refractivity contribution in [2.45, 2.75) is 20.4 Å². The summed E-state index contributed by atoms with van der Waals surface area (Å²) in [4.78, 5) is 7.43. The second-order valence-electron chi connectivity index (χ2n) is 3.97. The fraction of sp³-hybridized carbons (Fsp3) is 0.455. The van der Waals surface area contributed by atoms with Gasteiger partial charge >= 0.3 is 0 Å². The van der Waals surface area contributed by atoms with Crippen LogP contribution in [-0.4, -0.2) is 33.7 Å². The summed E-state index contributed by atoms with van der Waals surface area (Å²) in [6, 6.07) is 1.91. The number of hydrogen-bond acceptors (Lipinski definition) is 7. The lowest BCUT2D eigenvalue weighted by Crippen LogP contribution is -2.19. The highest BCUT2D eigenvalue weighted by Gasteiger charge is 2.10. The highest BCUT2D eigenvalue weighted by molar-refractivity contribution is 7.05. The van der Waals surface area contributed by atoms with Crippen LogP contribution in [-0.2, 0) is 6.54 Å². The van der Waals surface area contributed by atoms with E-state index in [1.807, 2.05) is 31.9 Å². The molecule has 96 valence electrons. The predicted octanol–water partition coefficient (Wildman–Crippen LogP) is 1.59. The van der Waals surface area contributed by atoms with E-state index >= 15 is 0 Å². The van der Waals surface area contributed by atoms with Crippen LogP contribution in [0.3, 0.4) is 0 Å². The molecule has 0 aliphatic carbocycles. The van der Waals surface area contributed by atoms with Crippen LogP contribution in [0.1, 0.15) is 16.3 Å². The van der Waals surface area contributed by atoms with Crippen LogP contribution >= 0.6 is 11.5 Å². The molecular weight excluding hydrogens is 250 g/mol. The second kappa shape index (κ2) is 5.26. The zero-order valence-electron chi connectivity index (χ0n) is 10.8. The van der Waals surface area contributed by atoms with E-state index in [4.69, 9.17) is 4.74 Å². The highest BCUT2D eigenvalue weighted by atomic mass is 32.1. The Hall–Kier alpha value is -1.76. The van der Waals surface area contributed by atoms with Gasteiger partial charge < -0.3 is 9.64 Å². The average molecular weight is 265 g/mol. The minimum atomic E-state index is 0.616. The Kier molecular flexibility index (Phi) is 3.71. The van der Waals surface area contributed by atoms with Crippen molar-refractivity contribution in [3.05, 3.63) is 22.3 Å². The van der Waals surface area contributed by atoms with Crippen LogP contribution in [0.4, 0.5) is 5.95 Å². The third-order valence-electron chi connectivity index (χ3n) is 2.56. The number of aromatic nitrogens is 4. The van der Waals surface area contributed by atoms with Gasteiger partial charge in [0.25, 0.3) is 0 Å². The van der Waals surface area contributed by atoms with E-state index in [-0.39, 0.29) is 0 Å². The molecule has 0 saturated heterocycles. The van der Waals surface area contributed by atoms with Crippen molar-refractivity contribution in [3.8, 4) is 5.88 Å². The fourth-order valence-electron chi connectivity index (χ4n) is 1.38. The summed E-state index contributed by atoms with van der Waals surface area (Å²) in [5.74, 6) is 1.26. The molecule has 0 aliphatic rings. The Morgan fingerprint density at radius 2 is 2.06 bits per heavy atom. The molecule has 6 nitrogen and oxygen atoms in total. The van der Waals surface area contributed by atoms with E-state index in [2.05, 4.69) is 19.6 Å². The summed E-state index contributed by atoms with van der Waals surface area (Å²) >= 11 is 1.41. The monoisotopic (exact) mass is 265 g/mol. The molecule has 0 amide bonds. The second-order valence-corrected chi connectivity index (χ2v) is 4.86. The van der Waals surface area contributed by atoms with Gasteiger partial charge in [0.05, 0.1) is 25.0 Å². The number of methoxy groups -OCH3 is 1. The zero-order valence-corrected chi connectivity index (χ0v) is 11.7. The van der Waals surface area contributed by atoms with Gasteiger partial charge in [-0.1, -0.05) is 0 Å². The van der Waals surface area contributed by atoms with Gasteiger partial charge in [-0.05, 0) is 25.4 Å². The Balaban J connectivity index is 2.11. The molecule has 0 radical (unpaired) electrons. The molecule has 2 rings (SSSR count). The van der Waals surface area contributed by atoms with Crippen LogP contribution in [0.2, 0.25) is 0 Å². The van der Waals surface area contributed by atoms with E-state index in [1.54, 1.807) is 7.11 Å². The molecule has 0 N–H and O–H groups in total. The standard InChI is InChI=1S/C11H15N5OS/c1-7-8(2)13-14-11(12-7)16(3)6-9-5-10(17-4)15-18-9/h5H,6H2,1-4H3. The van der Waals surface area contributed by atoms with Gasteiger partial charge in [-0.25, -0.2) is 4.98 Å². The molecule has 0 atom stereocenters. The number of hydrogen-bond donors (Lipinski definition) is 0. The first-order chi connectivity index (χ1) is 8.60.